The molecule has 3 rings (SSSR count). The number of ether oxygens (including phenoxy) is 2. The Kier molecular flexibility index (Phi) is 3.16. The quantitative estimate of drug-likeness (QED) is 0.880. The minimum atomic E-state index is -0.390. The van der Waals surface area contributed by atoms with Crippen LogP contribution in [0, 0.1) is 0 Å². The van der Waals surface area contributed by atoms with Gasteiger partial charge in [-0.2, -0.15) is 0 Å². The van der Waals surface area contributed by atoms with Crippen molar-refractivity contribution in [3.05, 3.63) is 29.8 Å². The van der Waals surface area contributed by atoms with E-state index in [1.807, 2.05) is 24.3 Å². The van der Waals surface area contributed by atoms with Crippen molar-refractivity contribution in [2.75, 3.05) is 24.7 Å². The Labute approximate surface area is 112 Å². The molecule has 2 fully saturated rings. The van der Waals surface area contributed by atoms with Crippen molar-refractivity contribution in [1.29, 1.82) is 0 Å². The normalized spacial score (nSPS) is 26.8. The van der Waals surface area contributed by atoms with Gasteiger partial charge in [-0.1, -0.05) is 12.1 Å². The number of anilines is 1. The summed E-state index contributed by atoms with van der Waals surface area (Å²) in [6.07, 6.45) is 1.33. The van der Waals surface area contributed by atoms with Crippen LogP contribution in [0.2, 0.25) is 0 Å². The van der Waals surface area contributed by atoms with Crippen LogP contribution in [0.1, 0.15) is 18.4 Å². The molecule has 2 saturated heterocycles. The number of hydrogen-bond donors (Lipinski definition) is 1. The summed E-state index contributed by atoms with van der Waals surface area (Å²) in [5.74, 6) is 0. The van der Waals surface area contributed by atoms with Gasteiger partial charge in [-0.15, -0.1) is 0 Å². The zero-order chi connectivity index (χ0) is 13.3. The van der Waals surface area contributed by atoms with Gasteiger partial charge in [0.1, 0.15) is 5.60 Å². The molecule has 1 aromatic rings. The molecule has 0 radical (unpaired) electrons. The van der Waals surface area contributed by atoms with Gasteiger partial charge in [0.05, 0.1) is 13.2 Å². The van der Waals surface area contributed by atoms with Crippen molar-refractivity contribution in [2.45, 2.75) is 25.0 Å². The number of hydrogen-bond acceptors (Lipinski definition) is 4. The summed E-state index contributed by atoms with van der Waals surface area (Å²) in [6.45, 7) is 2.33. The van der Waals surface area contributed by atoms with Crippen molar-refractivity contribution in [2.24, 2.45) is 5.73 Å². The highest BCUT2D eigenvalue weighted by molar-refractivity contribution is 5.88. The van der Waals surface area contributed by atoms with E-state index >= 15 is 0 Å². The Morgan fingerprint density at radius 1 is 1.37 bits per heavy atom. The van der Waals surface area contributed by atoms with E-state index in [0.29, 0.717) is 26.3 Å². The molecule has 0 aromatic heterocycles. The molecule has 1 unspecified atom stereocenters. The van der Waals surface area contributed by atoms with E-state index in [1.165, 1.54) is 0 Å². The predicted molar refractivity (Wildman–Crippen MR) is 70.9 cm³/mol. The van der Waals surface area contributed by atoms with Gasteiger partial charge in [0, 0.05) is 31.6 Å². The summed E-state index contributed by atoms with van der Waals surface area (Å²) >= 11 is 0. The number of nitrogens with two attached hydrogens (primary N) is 1. The van der Waals surface area contributed by atoms with Crippen molar-refractivity contribution in [1.82, 2.24) is 0 Å². The van der Waals surface area contributed by atoms with Gasteiger partial charge in [-0.25, -0.2) is 4.79 Å². The lowest BCUT2D eigenvalue weighted by molar-refractivity contribution is -0.0111. The molecule has 0 saturated carbocycles. The smallest absolute Gasteiger partial charge is 0.414 e. The second kappa shape index (κ2) is 4.83. The maximum absolute atomic E-state index is 12.2. The molecule has 1 spiro atoms. The van der Waals surface area contributed by atoms with Crippen LogP contribution in [0.15, 0.2) is 24.3 Å². The molecule has 2 aliphatic heterocycles. The standard InChI is InChI=1S/C14H18N2O3/c15-9-11-2-1-3-12(8-11)16-6-4-14(19-13(16)17)5-7-18-10-14/h1-3,8H,4-7,9-10,15H2. The molecule has 1 amide bonds. The molecule has 2 heterocycles. The van der Waals surface area contributed by atoms with Crippen LogP contribution in [-0.2, 0) is 16.0 Å². The number of benzene rings is 1. The Hall–Kier alpha value is -1.59. The molecule has 0 bridgehead atoms. The Morgan fingerprint density at radius 3 is 2.95 bits per heavy atom. The van der Waals surface area contributed by atoms with E-state index in [2.05, 4.69) is 0 Å². The van der Waals surface area contributed by atoms with Crippen LogP contribution in [-0.4, -0.2) is 31.5 Å². The van der Waals surface area contributed by atoms with E-state index in [0.717, 1.165) is 24.1 Å². The summed E-state index contributed by atoms with van der Waals surface area (Å²) in [6, 6.07) is 7.70. The fourth-order valence-electron chi connectivity index (χ4n) is 2.65. The fourth-order valence-corrected chi connectivity index (χ4v) is 2.65. The lowest BCUT2D eigenvalue weighted by Crippen LogP contribution is -2.50. The molecule has 5 nitrogen and oxygen atoms in total. The maximum Gasteiger partial charge on any atom is 0.414 e. The molecular formula is C14H18N2O3. The first-order valence-corrected chi connectivity index (χ1v) is 6.60. The molecule has 0 aliphatic carbocycles. The average molecular weight is 262 g/mol. The molecule has 2 N–H and O–H groups in total. The zero-order valence-electron chi connectivity index (χ0n) is 10.8. The number of nitrogens with zero attached hydrogens (tertiary/aromatic N) is 1. The van der Waals surface area contributed by atoms with Gasteiger partial charge in [0.2, 0.25) is 0 Å². The zero-order valence-corrected chi connectivity index (χ0v) is 10.8. The number of carbonyl (C=O) groups excluding carboxylic acids is 1. The van der Waals surface area contributed by atoms with Crippen LogP contribution in [0.3, 0.4) is 0 Å². The van der Waals surface area contributed by atoms with E-state index in [1.54, 1.807) is 4.90 Å². The number of rotatable bonds is 2. The average Bonchev–Trinajstić information content (AvgIpc) is 2.87. The van der Waals surface area contributed by atoms with E-state index in [-0.39, 0.29) is 11.7 Å². The van der Waals surface area contributed by atoms with Gasteiger partial charge in [0.25, 0.3) is 0 Å². The summed E-state index contributed by atoms with van der Waals surface area (Å²) < 4.78 is 11.0. The first kappa shape index (κ1) is 12.4. The summed E-state index contributed by atoms with van der Waals surface area (Å²) in [7, 11) is 0. The van der Waals surface area contributed by atoms with Crippen LogP contribution >= 0.6 is 0 Å². The van der Waals surface area contributed by atoms with Crippen molar-refractivity contribution in [3.63, 3.8) is 0 Å². The fraction of sp³-hybridized carbons (Fsp3) is 0.500. The second-order valence-corrected chi connectivity index (χ2v) is 5.13. The lowest BCUT2D eigenvalue weighted by atomic mass is 9.97. The SMILES string of the molecule is NCc1cccc(N2CCC3(CCOC3)OC2=O)c1. The van der Waals surface area contributed by atoms with Gasteiger partial charge in [-0.3, -0.25) is 4.90 Å². The molecule has 2 aliphatic rings. The first-order chi connectivity index (χ1) is 9.22. The third-order valence-electron chi connectivity index (χ3n) is 3.84. The minimum absolute atomic E-state index is 0.286. The van der Waals surface area contributed by atoms with E-state index in [4.69, 9.17) is 15.2 Å². The first-order valence-electron chi connectivity index (χ1n) is 6.60. The summed E-state index contributed by atoms with van der Waals surface area (Å²) in [4.78, 5) is 13.8. The molecule has 19 heavy (non-hydrogen) atoms. The maximum atomic E-state index is 12.2. The molecule has 1 aromatic carbocycles. The second-order valence-electron chi connectivity index (χ2n) is 5.13. The number of amides is 1. The third-order valence-corrected chi connectivity index (χ3v) is 3.84. The highest BCUT2D eigenvalue weighted by Crippen LogP contribution is 2.33. The van der Waals surface area contributed by atoms with E-state index < -0.39 is 0 Å². The Bertz CT molecular complexity index is 483. The molecule has 5 heteroatoms. The Morgan fingerprint density at radius 2 is 2.26 bits per heavy atom. The third kappa shape index (κ3) is 2.31. The van der Waals surface area contributed by atoms with Crippen LogP contribution in [0.4, 0.5) is 10.5 Å². The lowest BCUT2D eigenvalue weighted by Gasteiger charge is -2.37. The van der Waals surface area contributed by atoms with Gasteiger partial charge >= 0.3 is 6.09 Å². The van der Waals surface area contributed by atoms with Crippen molar-refractivity contribution < 1.29 is 14.3 Å². The highest BCUT2D eigenvalue weighted by atomic mass is 16.6. The van der Waals surface area contributed by atoms with E-state index in [9.17, 15) is 4.79 Å². The van der Waals surface area contributed by atoms with Crippen LogP contribution in [0.5, 0.6) is 0 Å². The minimum Gasteiger partial charge on any atom is -0.440 e. The summed E-state index contributed by atoms with van der Waals surface area (Å²) in [5, 5.41) is 0. The molecule has 1 atom stereocenters. The van der Waals surface area contributed by atoms with Crippen LogP contribution < -0.4 is 10.6 Å². The highest BCUT2D eigenvalue weighted by Gasteiger charge is 2.44. The van der Waals surface area contributed by atoms with Gasteiger partial charge in [-0.05, 0) is 17.7 Å². The molecule has 102 valence electrons. The van der Waals surface area contributed by atoms with Crippen molar-refractivity contribution in [3.8, 4) is 0 Å². The van der Waals surface area contributed by atoms with Crippen LogP contribution in [0.25, 0.3) is 0 Å². The Balaban J connectivity index is 1.78. The van der Waals surface area contributed by atoms with Crippen molar-refractivity contribution >= 4 is 11.8 Å². The summed E-state index contributed by atoms with van der Waals surface area (Å²) in [5.41, 5.74) is 7.09. The predicted octanol–water partition coefficient (Wildman–Crippen LogP) is 1.65. The topological polar surface area (TPSA) is 64.8 Å². The van der Waals surface area contributed by atoms with Gasteiger partial charge < -0.3 is 15.2 Å². The largest absolute Gasteiger partial charge is 0.440 e. The number of carbonyl (C=O) groups is 1. The molecular weight excluding hydrogens is 244 g/mol. The van der Waals surface area contributed by atoms with Gasteiger partial charge in [0.15, 0.2) is 0 Å². The monoisotopic (exact) mass is 262 g/mol.